The van der Waals surface area contributed by atoms with E-state index >= 15 is 0 Å². The smallest absolute Gasteiger partial charge is 0.255 e. The van der Waals surface area contributed by atoms with Crippen molar-refractivity contribution in [1.29, 1.82) is 0 Å². The maximum atomic E-state index is 13.1. The van der Waals surface area contributed by atoms with Crippen molar-refractivity contribution < 1.29 is 9.90 Å². The minimum atomic E-state index is -0.182. The topological polar surface area (TPSA) is 76.6 Å². The number of carbonyl (C=O) groups excluding carboxylic acids is 1. The standard InChI is InChI=1S/C20H25N3O3/c24-13-15-12-23(11-14(15)10-22-7-3-4-8-22)20(26)18-9-21-19(25)17-6-2-1-5-16(17)18/h1-2,5-6,9,14-15,24H,3-4,7-8,10-13H2,(H,21,25)/t14-,15-/m1/s1. The summed E-state index contributed by atoms with van der Waals surface area (Å²) in [5.74, 6) is 0.351. The quantitative estimate of drug-likeness (QED) is 0.867. The van der Waals surface area contributed by atoms with Crippen LogP contribution in [0, 0.1) is 11.8 Å². The van der Waals surface area contributed by atoms with Crippen molar-refractivity contribution in [3.63, 3.8) is 0 Å². The van der Waals surface area contributed by atoms with Crippen LogP contribution in [0.2, 0.25) is 0 Å². The Labute approximate surface area is 152 Å². The SMILES string of the molecule is O=C(c1c[nH]c(=O)c2ccccc12)N1C[C@@H](CN2CCCC2)[C@@H](CO)C1. The van der Waals surface area contributed by atoms with Crippen molar-refractivity contribution in [2.75, 3.05) is 39.3 Å². The monoisotopic (exact) mass is 355 g/mol. The normalized spacial score (nSPS) is 23.8. The number of hydrogen-bond acceptors (Lipinski definition) is 4. The first-order chi connectivity index (χ1) is 12.7. The van der Waals surface area contributed by atoms with Gasteiger partial charge in [-0.05, 0) is 37.9 Å². The van der Waals surface area contributed by atoms with Gasteiger partial charge in [0.15, 0.2) is 0 Å². The highest BCUT2D eigenvalue weighted by Gasteiger charge is 2.36. The molecule has 1 aromatic carbocycles. The molecule has 138 valence electrons. The molecule has 2 saturated heterocycles. The molecule has 0 bridgehead atoms. The van der Waals surface area contributed by atoms with Gasteiger partial charge in [0.05, 0.1) is 5.56 Å². The van der Waals surface area contributed by atoms with Crippen molar-refractivity contribution in [3.05, 3.63) is 46.4 Å². The summed E-state index contributed by atoms with van der Waals surface area (Å²) >= 11 is 0. The predicted molar refractivity (Wildman–Crippen MR) is 100 cm³/mol. The van der Waals surface area contributed by atoms with Crippen molar-refractivity contribution in [1.82, 2.24) is 14.8 Å². The molecule has 26 heavy (non-hydrogen) atoms. The number of aromatic amines is 1. The Kier molecular flexibility index (Phi) is 4.78. The van der Waals surface area contributed by atoms with E-state index in [1.165, 1.54) is 19.0 Å². The number of likely N-dealkylation sites (tertiary alicyclic amines) is 2. The van der Waals surface area contributed by atoms with Crippen LogP contribution in [0.25, 0.3) is 10.8 Å². The number of amides is 1. The predicted octanol–water partition coefficient (Wildman–Crippen LogP) is 1.30. The summed E-state index contributed by atoms with van der Waals surface area (Å²) in [6, 6.07) is 7.20. The first-order valence-corrected chi connectivity index (χ1v) is 9.40. The maximum absolute atomic E-state index is 13.1. The maximum Gasteiger partial charge on any atom is 0.255 e. The van der Waals surface area contributed by atoms with Crippen LogP contribution >= 0.6 is 0 Å². The molecular weight excluding hydrogens is 330 g/mol. The van der Waals surface area contributed by atoms with Crippen LogP contribution in [0.15, 0.2) is 35.3 Å². The second-order valence-electron chi connectivity index (χ2n) is 7.50. The second kappa shape index (κ2) is 7.21. The second-order valence-corrected chi connectivity index (χ2v) is 7.50. The number of carbonyl (C=O) groups is 1. The summed E-state index contributed by atoms with van der Waals surface area (Å²) in [7, 11) is 0. The summed E-state index contributed by atoms with van der Waals surface area (Å²) in [6.45, 7) is 4.52. The lowest BCUT2D eigenvalue weighted by Gasteiger charge is -2.23. The van der Waals surface area contributed by atoms with Gasteiger partial charge in [0, 0.05) is 49.1 Å². The highest BCUT2D eigenvalue weighted by Crippen LogP contribution is 2.28. The van der Waals surface area contributed by atoms with Gasteiger partial charge in [0.25, 0.3) is 11.5 Å². The Morgan fingerprint density at radius 2 is 1.81 bits per heavy atom. The van der Waals surface area contributed by atoms with Crippen LogP contribution in [-0.2, 0) is 0 Å². The Morgan fingerprint density at radius 1 is 1.12 bits per heavy atom. The molecule has 2 atom stereocenters. The molecule has 6 heteroatoms. The highest BCUT2D eigenvalue weighted by atomic mass is 16.3. The largest absolute Gasteiger partial charge is 0.396 e. The third-order valence-corrected chi connectivity index (χ3v) is 5.83. The van der Waals surface area contributed by atoms with Gasteiger partial charge < -0.3 is 19.9 Å². The molecular formula is C20H25N3O3. The zero-order chi connectivity index (χ0) is 18.1. The summed E-state index contributed by atoms with van der Waals surface area (Å²) in [4.78, 5) is 32.1. The zero-order valence-corrected chi connectivity index (χ0v) is 14.9. The fraction of sp³-hybridized carbons (Fsp3) is 0.500. The molecule has 0 saturated carbocycles. The van der Waals surface area contributed by atoms with Gasteiger partial charge in [-0.25, -0.2) is 0 Å². The van der Waals surface area contributed by atoms with E-state index in [1.54, 1.807) is 12.1 Å². The van der Waals surface area contributed by atoms with Crippen molar-refractivity contribution in [2.45, 2.75) is 12.8 Å². The lowest BCUT2D eigenvalue weighted by molar-refractivity contribution is 0.0781. The van der Waals surface area contributed by atoms with Gasteiger partial charge in [-0.2, -0.15) is 0 Å². The molecule has 0 spiro atoms. The number of rotatable bonds is 4. The highest BCUT2D eigenvalue weighted by molar-refractivity contribution is 6.06. The van der Waals surface area contributed by atoms with Gasteiger partial charge in [-0.1, -0.05) is 18.2 Å². The average molecular weight is 355 g/mol. The molecule has 2 aliphatic heterocycles. The van der Waals surface area contributed by atoms with Crippen LogP contribution in [0.4, 0.5) is 0 Å². The van der Waals surface area contributed by atoms with Gasteiger partial charge >= 0.3 is 0 Å². The number of nitrogens with zero attached hydrogens (tertiary/aromatic N) is 2. The Morgan fingerprint density at radius 3 is 2.54 bits per heavy atom. The van der Waals surface area contributed by atoms with Gasteiger partial charge in [-0.15, -0.1) is 0 Å². The molecule has 2 fully saturated rings. The molecule has 1 aromatic heterocycles. The summed E-state index contributed by atoms with van der Waals surface area (Å²) < 4.78 is 0. The zero-order valence-electron chi connectivity index (χ0n) is 14.9. The van der Waals surface area contributed by atoms with Crippen molar-refractivity contribution in [3.8, 4) is 0 Å². The van der Waals surface area contributed by atoms with Crippen LogP contribution in [0.5, 0.6) is 0 Å². The number of fused-ring (bicyclic) bond motifs is 1. The first kappa shape index (κ1) is 17.2. The fourth-order valence-corrected chi connectivity index (χ4v) is 4.37. The molecule has 2 N–H and O–H groups in total. The number of H-pyrrole nitrogens is 1. The molecule has 4 rings (SSSR count). The Balaban J connectivity index is 1.57. The number of aliphatic hydroxyl groups is 1. The molecule has 1 amide bonds. The summed E-state index contributed by atoms with van der Waals surface area (Å²) in [5.41, 5.74) is 0.345. The molecule has 0 aliphatic carbocycles. The molecule has 2 aromatic rings. The number of hydrogen-bond donors (Lipinski definition) is 2. The van der Waals surface area contributed by atoms with Crippen LogP contribution in [-0.4, -0.2) is 65.1 Å². The number of nitrogens with one attached hydrogen (secondary N) is 1. The Hall–Kier alpha value is -2.18. The number of aliphatic hydroxyl groups excluding tert-OH is 1. The minimum absolute atomic E-state index is 0.0696. The average Bonchev–Trinajstić information content (AvgIpc) is 3.32. The molecule has 0 unspecified atom stereocenters. The van der Waals surface area contributed by atoms with E-state index < -0.39 is 0 Å². The van der Waals surface area contributed by atoms with Gasteiger partial charge in [-0.3, -0.25) is 9.59 Å². The minimum Gasteiger partial charge on any atom is -0.396 e. The van der Waals surface area contributed by atoms with Gasteiger partial charge in [0.2, 0.25) is 0 Å². The fourth-order valence-electron chi connectivity index (χ4n) is 4.37. The van der Waals surface area contributed by atoms with Crippen molar-refractivity contribution >= 4 is 16.7 Å². The number of benzene rings is 1. The van der Waals surface area contributed by atoms with E-state index in [0.29, 0.717) is 35.3 Å². The molecule has 2 aliphatic rings. The number of pyridine rings is 1. The van der Waals surface area contributed by atoms with E-state index in [4.69, 9.17) is 0 Å². The van der Waals surface area contributed by atoms with E-state index in [0.717, 1.165) is 19.6 Å². The van der Waals surface area contributed by atoms with Crippen molar-refractivity contribution in [2.24, 2.45) is 11.8 Å². The van der Waals surface area contributed by atoms with E-state index in [1.807, 2.05) is 17.0 Å². The molecule has 6 nitrogen and oxygen atoms in total. The third kappa shape index (κ3) is 3.15. The molecule has 0 radical (unpaired) electrons. The lowest BCUT2D eigenvalue weighted by atomic mass is 9.96. The summed E-state index contributed by atoms with van der Waals surface area (Å²) in [6.07, 6.45) is 4.00. The molecule has 3 heterocycles. The third-order valence-electron chi connectivity index (χ3n) is 5.83. The summed E-state index contributed by atoms with van der Waals surface area (Å²) in [5, 5.41) is 11.0. The first-order valence-electron chi connectivity index (χ1n) is 9.40. The lowest BCUT2D eigenvalue weighted by Crippen LogP contribution is -2.33. The Bertz CT molecular complexity index is 857. The van der Waals surface area contributed by atoms with E-state index in [9.17, 15) is 14.7 Å². The van der Waals surface area contributed by atoms with Crippen LogP contribution < -0.4 is 5.56 Å². The van der Waals surface area contributed by atoms with Crippen LogP contribution in [0.3, 0.4) is 0 Å². The van der Waals surface area contributed by atoms with E-state index in [2.05, 4.69) is 9.88 Å². The number of aromatic nitrogens is 1. The van der Waals surface area contributed by atoms with Crippen LogP contribution in [0.1, 0.15) is 23.2 Å². The van der Waals surface area contributed by atoms with E-state index in [-0.39, 0.29) is 24.0 Å². The van der Waals surface area contributed by atoms with Gasteiger partial charge in [0.1, 0.15) is 0 Å².